The molecular formula is C27H30N4S. The molecule has 0 unspecified atom stereocenters. The summed E-state index contributed by atoms with van der Waals surface area (Å²) in [7, 11) is 0. The van der Waals surface area contributed by atoms with Crippen LogP contribution in [0.25, 0.3) is 22.7 Å². The zero-order valence-corrected chi connectivity index (χ0v) is 19.8. The van der Waals surface area contributed by atoms with Crippen molar-refractivity contribution in [3.05, 3.63) is 88.3 Å². The van der Waals surface area contributed by atoms with Crippen molar-refractivity contribution in [3.63, 3.8) is 0 Å². The van der Waals surface area contributed by atoms with Gasteiger partial charge in [-0.05, 0) is 60.2 Å². The molecule has 1 heterocycles. The Hall–Kier alpha value is -3.02. The highest BCUT2D eigenvalue weighted by atomic mass is 32.1. The van der Waals surface area contributed by atoms with Crippen molar-refractivity contribution in [3.8, 4) is 0 Å². The number of nitrogens with zero attached hydrogens (tertiary/aromatic N) is 3. The molecule has 0 bridgehead atoms. The van der Waals surface area contributed by atoms with Gasteiger partial charge in [0.1, 0.15) is 11.0 Å². The molecule has 0 saturated carbocycles. The summed E-state index contributed by atoms with van der Waals surface area (Å²) in [5.41, 5.74) is 6.65. The van der Waals surface area contributed by atoms with Crippen LogP contribution in [0, 0.1) is 0 Å². The molecule has 0 aliphatic heterocycles. The molecule has 0 saturated heterocycles. The van der Waals surface area contributed by atoms with Gasteiger partial charge in [-0.3, -0.25) is 0 Å². The summed E-state index contributed by atoms with van der Waals surface area (Å²) in [5.74, 6) is 0. The van der Waals surface area contributed by atoms with Crippen LogP contribution in [0.1, 0.15) is 31.9 Å². The molecule has 3 aromatic carbocycles. The third-order valence-corrected chi connectivity index (χ3v) is 6.31. The predicted molar refractivity (Wildman–Crippen MR) is 138 cm³/mol. The Balaban J connectivity index is 1.88. The molecule has 164 valence electrons. The number of rotatable bonds is 8. The van der Waals surface area contributed by atoms with E-state index in [-0.39, 0.29) is 0 Å². The minimum atomic E-state index is 0.878. The summed E-state index contributed by atoms with van der Waals surface area (Å²) in [6.45, 7) is 10.4. The van der Waals surface area contributed by atoms with E-state index in [9.17, 15) is 0 Å². The van der Waals surface area contributed by atoms with E-state index in [4.69, 9.17) is 0 Å². The van der Waals surface area contributed by atoms with Crippen LogP contribution >= 0.6 is 11.7 Å². The van der Waals surface area contributed by atoms with Gasteiger partial charge in [0.05, 0.1) is 11.7 Å². The monoisotopic (exact) mass is 442 g/mol. The fourth-order valence-corrected chi connectivity index (χ4v) is 4.58. The van der Waals surface area contributed by atoms with Gasteiger partial charge in [-0.1, -0.05) is 61.5 Å². The van der Waals surface area contributed by atoms with Crippen LogP contribution in [0.5, 0.6) is 0 Å². The number of fused-ring (bicyclic) bond motifs is 1. The summed E-state index contributed by atoms with van der Waals surface area (Å²) in [4.78, 5) is 2.36. The van der Waals surface area contributed by atoms with Gasteiger partial charge < -0.3 is 10.2 Å². The van der Waals surface area contributed by atoms with Crippen LogP contribution in [-0.4, -0.2) is 34.9 Å². The minimum absolute atomic E-state index is 0.878. The van der Waals surface area contributed by atoms with Gasteiger partial charge in [0.25, 0.3) is 0 Å². The lowest BCUT2D eigenvalue weighted by atomic mass is 9.94. The van der Waals surface area contributed by atoms with E-state index in [1.807, 2.05) is 6.07 Å². The van der Waals surface area contributed by atoms with Crippen molar-refractivity contribution in [2.75, 3.05) is 31.1 Å². The second-order valence-corrected chi connectivity index (χ2v) is 8.19. The number of anilines is 1. The maximum atomic E-state index is 4.62. The molecule has 32 heavy (non-hydrogen) atoms. The van der Waals surface area contributed by atoms with E-state index < -0.39 is 0 Å². The summed E-state index contributed by atoms with van der Waals surface area (Å²) in [6.07, 6.45) is 2.22. The average Bonchev–Trinajstić information content (AvgIpc) is 3.32. The van der Waals surface area contributed by atoms with Crippen molar-refractivity contribution in [2.24, 2.45) is 0 Å². The van der Waals surface area contributed by atoms with Crippen LogP contribution < -0.4 is 20.7 Å². The SMILES string of the molecule is CCNCC=c1ccc(=C(c2ccc(N(CC)CC)cc2)c2cccc3nsnc23)cc1. The molecule has 4 rings (SSSR count). The lowest BCUT2D eigenvalue weighted by molar-refractivity contribution is 0.815. The summed E-state index contributed by atoms with van der Waals surface area (Å²) < 4.78 is 9.08. The van der Waals surface area contributed by atoms with E-state index >= 15 is 0 Å². The van der Waals surface area contributed by atoms with Gasteiger partial charge in [0.15, 0.2) is 0 Å². The molecule has 0 fully saturated rings. The van der Waals surface area contributed by atoms with Crippen molar-refractivity contribution < 1.29 is 0 Å². The highest BCUT2D eigenvalue weighted by Crippen LogP contribution is 2.28. The van der Waals surface area contributed by atoms with Crippen molar-refractivity contribution >= 4 is 40.1 Å². The number of hydrogen-bond donors (Lipinski definition) is 1. The van der Waals surface area contributed by atoms with Crippen LogP contribution in [0.3, 0.4) is 0 Å². The smallest absolute Gasteiger partial charge is 0.112 e. The van der Waals surface area contributed by atoms with Gasteiger partial charge in [0.2, 0.25) is 0 Å². The normalized spacial score (nSPS) is 11.0. The van der Waals surface area contributed by atoms with Crippen LogP contribution in [-0.2, 0) is 0 Å². The van der Waals surface area contributed by atoms with Gasteiger partial charge in [-0.15, -0.1) is 0 Å². The molecule has 0 aliphatic rings. The standard InChI is InChI=1S/C27H30N4S/c1-4-28-19-18-20-10-12-21(13-11-20)26(24-8-7-9-25-27(24)30-32-29-25)22-14-16-23(17-15-22)31(5-2)6-3/h7-18,28H,4-6,19H2,1-3H3. The van der Waals surface area contributed by atoms with E-state index in [1.54, 1.807) is 0 Å². The molecule has 1 N–H and O–H groups in total. The molecule has 0 amide bonds. The first kappa shape index (κ1) is 22.2. The highest BCUT2D eigenvalue weighted by Gasteiger charge is 2.13. The number of benzene rings is 3. The van der Waals surface area contributed by atoms with Gasteiger partial charge in [0, 0.05) is 30.9 Å². The third-order valence-electron chi connectivity index (χ3n) is 5.77. The van der Waals surface area contributed by atoms with Crippen molar-refractivity contribution in [1.82, 2.24) is 14.1 Å². The number of hydrogen-bond acceptors (Lipinski definition) is 5. The Morgan fingerprint density at radius 3 is 2.34 bits per heavy atom. The van der Waals surface area contributed by atoms with Crippen LogP contribution in [0.2, 0.25) is 0 Å². The van der Waals surface area contributed by atoms with Crippen LogP contribution in [0.15, 0.2) is 66.7 Å². The minimum Gasteiger partial charge on any atom is -0.372 e. The van der Waals surface area contributed by atoms with E-state index in [0.29, 0.717) is 0 Å². The lowest BCUT2D eigenvalue weighted by Crippen LogP contribution is -2.21. The van der Waals surface area contributed by atoms with E-state index in [1.165, 1.54) is 39.0 Å². The zero-order valence-electron chi connectivity index (χ0n) is 19.0. The second-order valence-electron chi connectivity index (χ2n) is 7.67. The quantitative estimate of drug-likeness (QED) is 0.416. The third kappa shape index (κ3) is 4.74. The van der Waals surface area contributed by atoms with Crippen molar-refractivity contribution in [1.29, 1.82) is 0 Å². The average molecular weight is 443 g/mol. The fourth-order valence-electron chi connectivity index (χ4n) is 4.03. The summed E-state index contributed by atoms with van der Waals surface area (Å²) in [5, 5.41) is 5.75. The Morgan fingerprint density at radius 1 is 0.906 bits per heavy atom. The Bertz CT molecular complexity index is 1260. The van der Waals surface area contributed by atoms with Gasteiger partial charge >= 0.3 is 0 Å². The molecule has 1 aromatic heterocycles. The van der Waals surface area contributed by atoms with E-state index in [0.717, 1.165) is 42.8 Å². The molecule has 4 nitrogen and oxygen atoms in total. The lowest BCUT2D eigenvalue weighted by Gasteiger charge is -2.21. The molecule has 0 atom stereocenters. The number of aromatic nitrogens is 2. The topological polar surface area (TPSA) is 41.0 Å². The zero-order chi connectivity index (χ0) is 22.3. The summed E-state index contributed by atoms with van der Waals surface area (Å²) >= 11 is 1.27. The Labute approximate surface area is 194 Å². The number of nitrogens with one attached hydrogen (secondary N) is 1. The Kier molecular flexibility index (Phi) is 7.30. The first-order valence-electron chi connectivity index (χ1n) is 11.3. The van der Waals surface area contributed by atoms with Gasteiger partial charge in [-0.25, -0.2) is 0 Å². The largest absolute Gasteiger partial charge is 0.372 e. The molecular weight excluding hydrogens is 412 g/mol. The predicted octanol–water partition coefficient (Wildman–Crippen LogP) is 4.17. The first-order chi connectivity index (χ1) is 15.7. The van der Waals surface area contributed by atoms with E-state index in [2.05, 4.69) is 106 Å². The molecule has 0 radical (unpaired) electrons. The first-order valence-corrected chi connectivity index (χ1v) is 12.1. The van der Waals surface area contributed by atoms with Crippen molar-refractivity contribution in [2.45, 2.75) is 20.8 Å². The maximum Gasteiger partial charge on any atom is 0.112 e. The fraction of sp³-hybridized carbons (Fsp3) is 0.259. The molecule has 0 spiro atoms. The summed E-state index contributed by atoms with van der Waals surface area (Å²) in [6, 6.07) is 24.0. The molecule has 0 aliphatic carbocycles. The maximum absolute atomic E-state index is 4.62. The molecule has 5 heteroatoms. The highest BCUT2D eigenvalue weighted by molar-refractivity contribution is 7.00. The van der Waals surface area contributed by atoms with Crippen LogP contribution in [0.4, 0.5) is 5.69 Å². The Morgan fingerprint density at radius 2 is 1.66 bits per heavy atom. The molecule has 4 aromatic rings. The van der Waals surface area contributed by atoms with Gasteiger partial charge in [-0.2, -0.15) is 8.75 Å². The second kappa shape index (κ2) is 10.5.